The number of hydrogen-bond acceptors (Lipinski definition) is 4. The first-order valence-corrected chi connectivity index (χ1v) is 5.50. The van der Waals surface area contributed by atoms with Gasteiger partial charge in [-0.3, -0.25) is 0 Å². The summed E-state index contributed by atoms with van der Waals surface area (Å²) in [5.41, 5.74) is 7.60. The standard InChI is InChI=1S/C11H14N4O/c12-8(6-16)10-14-9-2-1-5-13-11(9)15(10)7-3-4-7/h1-2,5,7-8,16H,3-4,6,12H2. The highest BCUT2D eigenvalue weighted by atomic mass is 16.3. The van der Waals surface area contributed by atoms with Crippen LogP contribution >= 0.6 is 0 Å². The van der Waals surface area contributed by atoms with Crippen molar-refractivity contribution in [2.24, 2.45) is 5.73 Å². The van der Waals surface area contributed by atoms with Crippen molar-refractivity contribution in [3.05, 3.63) is 24.2 Å². The van der Waals surface area contributed by atoms with Gasteiger partial charge < -0.3 is 15.4 Å². The molecule has 1 saturated carbocycles. The fourth-order valence-electron chi connectivity index (χ4n) is 1.98. The first kappa shape index (κ1) is 9.74. The molecule has 3 N–H and O–H groups in total. The van der Waals surface area contributed by atoms with Crippen LogP contribution in [0.1, 0.15) is 30.7 Å². The van der Waals surface area contributed by atoms with E-state index in [2.05, 4.69) is 14.5 Å². The number of aliphatic hydroxyl groups is 1. The smallest absolute Gasteiger partial charge is 0.160 e. The molecular weight excluding hydrogens is 204 g/mol. The van der Waals surface area contributed by atoms with E-state index in [1.54, 1.807) is 6.20 Å². The lowest BCUT2D eigenvalue weighted by molar-refractivity contribution is 0.261. The summed E-state index contributed by atoms with van der Waals surface area (Å²) in [6.07, 6.45) is 4.05. The zero-order valence-electron chi connectivity index (χ0n) is 8.87. The molecule has 1 unspecified atom stereocenters. The maximum atomic E-state index is 9.14. The van der Waals surface area contributed by atoms with E-state index in [1.807, 2.05) is 12.1 Å². The SMILES string of the molecule is NC(CO)c1nc2cccnc2n1C1CC1. The summed E-state index contributed by atoms with van der Waals surface area (Å²) in [4.78, 5) is 8.80. The average Bonchev–Trinajstić information content (AvgIpc) is 3.08. The zero-order chi connectivity index (χ0) is 11.1. The number of fused-ring (bicyclic) bond motifs is 1. The number of aromatic nitrogens is 3. The second-order valence-electron chi connectivity index (χ2n) is 4.21. The monoisotopic (exact) mass is 218 g/mol. The molecule has 1 aliphatic rings. The van der Waals surface area contributed by atoms with Crippen molar-refractivity contribution in [1.82, 2.24) is 14.5 Å². The maximum Gasteiger partial charge on any atom is 0.160 e. The molecule has 0 spiro atoms. The first-order chi connectivity index (χ1) is 7.81. The lowest BCUT2D eigenvalue weighted by Crippen LogP contribution is -2.19. The predicted molar refractivity (Wildman–Crippen MR) is 59.8 cm³/mol. The summed E-state index contributed by atoms with van der Waals surface area (Å²) in [7, 11) is 0. The highest BCUT2D eigenvalue weighted by molar-refractivity contribution is 5.71. The number of hydrogen-bond donors (Lipinski definition) is 2. The molecule has 1 fully saturated rings. The van der Waals surface area contributed by atoms with Gasteiger partial charge in [0.2, 0.25) is 0 Å². The number of imidazole rings is 1. The Balaban J connectivity index is 2.22. The predicted octanol–water partition coefficient (Wildman–Crippen LogP) is 0.758. The van der Waals surface area contributed by atoms with Crippen LogP contribution in [0.5, 0.6) is 0 Å². The highest BCUT2D eigenvalue weighted by Gasteiger charge is 2.30. The summed E-state index contributed by atoms with van der Waals surface area (Å²) in [5.74, 6) is 0.749. The first-order valence-electron chi connectivity index (χ1n) is 5.50. The van der Waals surface area contributed by atoms with Gasteiger partial charge in [0.25, 0.3) is 0 Å². The van der Waals surface area contributed by atoms with Crippen LogP contribution in [0.4, 0.5) is 0 Å². The van der Waals surface area contributed by atoms with Gasteiger partial charge in [0.15, 0.2) is 5.65 Å². The van der Waals surface area contributed by atoms with Crippen molar-refractivity contribution < 1.29 is 5.11 Å². The zero-order valence-corrected chi connectivity index (χ0v) is 8.87. The van der Waals surface area contributed by atoms with Gasteiger partial charge in [0, 0.05) is 12.2 Å². The normalized spacial score (nSPS) is 17.9. The maximum absolute atomic E-state index is 9.14. The van der Waals surface area contributed by atoms with Crippen molar-refractivity contribution in [3.8, 4) is 0 Å². The summed E-state index contributed by atoms with van der Waals surface area (Å²) in [6, 6.07) is 3.83. The van der Waals surface area contributed by atoms with Gasteiger partial charge >= 0.3 is 0 Å². The van der Waals surface area contributed by atoms with Gasteiger partial charge in [-0.25, -0.2) is 9.97 Å². The third kappa shape index (κ3) is 1.40. The van der Waals surface area contributed by atoms with E-state index in [0.29, 0.717) is 6.04 Å². The molecule has 1 atom stereocenters. The largest absolute Gasteiger partial charge is 0.394 e. The number of rotatable bonds is 3. The molecule has 0 aliphatic heterocycles. The molecule has 0 radical (unpaired) electrons. The van der Waals surface area contributed by atoms with Crippen LogP contribution < -0.4 is 5.73 Å². The molecule has 2 aromatic rings. The van der Waals surface area contributed by atoms with Crippen LogP contribution in [0.2, 0.25) is 0 Å². The molecule has 0 amide bonds. The number of nitrogens with two attached hydrogens (primary N) is 1. The van der Waals surface area contributed by atoms with Gasteiger partial charge in [0.1, 0.15) is 11.3 Å². The second-order valence-corrected chi connectivity index (χ2v) is 4.21. The molecule has 5 heteroatoms. The van der Waals surface area contributed by atoms with Crippen LogP contribution in [-0.2, 0) is 0 Å². The fourth-order valence-corrected chi connectivity index (χ4v) is 1.98. The Kier molecular flexibility index (Phi) is 2.15. The molecule has 0 bridgehead atoms. The lowest BCUT2D eigenvalue weighted by Gasteiger charge is -2.10. The highest BCUT2D eigenvalue weighted by Crippen LogP contribution is 2.39. The fraction of sp³-hybridized carbons (Fsp3) is 0.455. The van der Waals surface area contributed by atoms with E-state index in [9.17, 15) is 0 Å². The van der Waals surface area contributed by atoms with E-state index in [4.69, 9.17) is 10.8 Å². The van der Waals surface area contributed by atoms with Crippen LogP contribution in [-0.4, -0.2) is 26.2 Å². The van der Waals surface area contributed by atoms with Crippen molar-refractivity contribution in [3.63, 3.8) is 0 Å². The van der Waals surface area contributed by atoms with E-state index < -0.39 is 6.04 Å². The van der Waals surface area contributed by atoms with Crippen LogP contribution in [0.3, 0.4) is 0 Å². The number of aliphatic hydroxyl groups excluding tert-OH is 1. The molecule has 0 saturated heterocycles. The van der Waals surface area contributed by atoms with E-state index >= 15 is 0 Å². The lowest BCUT2D eigenvalue weighted by atomic mass is 10.3. The Hall–Kier alpha value is -1.46. The van der Waals surface area contributed by atoms with Crippen molar-refractivity contribution in [2.45, 2.75) is 24.9 Å². The van der Waals surface area contributed by atoms with E-state index in [0.717, 1.165) is 29.8 Å². The summed E-state index contributed by atoms with van der Waals surface area (Å²) < 4.78 is 2.08. The van der Waals surface area contributed by atoms with Crippen LogP contribution in [0, 0.1) is 0 Å². The second kappa shape index (κ2) is 3.54. The summed E-state index contributed by atoms with van der Waals surface area (Å²) >= 11 is 0. The molecular formula is C11H14N4O. The Labute approximate surface area is 92.9 Å². The Morgan fingerprint density at radius 2 is 2.38 bits per heavy atom. The van der Waals surface area contributed by atoms with Gasteiger partial charge in [-0.1, -0.05) is 0 Å². The van der Waals surface area contributed by atoms with Gasteiger partial charge in [0.05, 0.1) is 12.6 Å². The minimum Gasteiger partial charge on any atom is -0.394 e. The van der Waals surface area contributed by atoms with Gasteiger partial charge in [-0.05, 0) is 25.0 Å². The molecule has 0 aromatic carbocycles. The molecule has 1 aliphatic carbocycles. The summed E-state index contributed by atoms with van der Waals surface area (Å²) in [6.45, 7) is -0.0873. The molecule has 16 heavy (non-hydrogen) atoms. The van der Waals surface area contributed by atoms with Crippen molar-refractivity contribution in [1.29, 1.82) is 0 Å². The van der Waals surface area contributed by atoms with Gasteiger partial charge in [-0.2, -0.15) is 0 Å². The minimum absolute atomic E-state index is 0.0873. The van der Waals surface area contributed by atoms with Gasteiger partial charge in [-0.15, -0.1) is 0 Å². The minimum atomic E-state index is -0.421. The Bertz CT molecular complexity index is 518. The van der Waals surface area contributed by atoms with E-state index in [1.165, 1.54) is 0 Å². The Morgan fingerprint density at radius 3 is 3.06 bits per heavy atom. The average molecular weight is 218 g/mol. The van der Waals surface area contributed by atoms with Crippen LogP contribution in [0.15, 0.2) is 18.3 Å². The van der Waals surface area contributed by atoms with E-state index in [-0.39, 0.29) is 6.61 Å². The third-order valence-corrected chi connectivity index (χ3v) is 2.92. The van der Waals surface area contributed by atoms with Crippen LogP contribution in [0.25, 0.3) is 11.2 Å². The molecule has 2 heterocycles. The molecule has 2 aromatic heterocycles. The number of pyridine rings is 1. The molecule has 84 valence electrons. The quantitative estimate of drug-likeness (QED) is 0.797. The molecule has 5 nitrogen and oxygen atoms in total. The van der Waals surface area contributed by atoms with Crippen molar-refractivity contribution >= 4 is 11.2 Å². The number of nitrogens with zero attached hydrogens (tertiary/aromatic N) is 3. The molecule has 3 rings (SSSR count). The third-order valence-electron chi connectivity index (χ3n) is 2.92. The summed E-state index contributed by atoms with van der Waals surface area (Å²) in [5, 5.41) is 9.14. The Morgan fingerprint density at radius 1 is 1.56 bits per heavy atom. The van der Waals surface area contributed by atoms with Crippen molar-refractivity contribution in [2.75, 3.05) is 6.61 Å². The topological polar surface area (TPSA) is 77.0 Å².